The van der Waals surface area contributed by atoms with Crippen molar-refractivity contribution in [2.75, 3.05) is 12.4 Å². The number of rotatable bonds is 3. The number of anilines is 1. The van der Waals surface area contributed by atoms with Gasteiger partial charge in [-0.05, 0) is 26.8 Å². The van der Waals surface area contributed by atoms with Crippen LogP contribution < -0.4 is 11.1 Å². The zero-order chi connectivity index (χ0) is 20.8. The maximum atomic E-state index is 12.7. The van der Waals surface area contributed by atoms with E-state index in [1.165, 1.54) is 30.1 Å². The van der Waals surface area contributed by atoms with E-state index in [0.717, 1.165) is 0 Å². The average molecular weight is 386 g/mol. The summed E-state index contributed by atoms with van der Waals surface area (Å²) in [4.78, 5) is 30.1. The second-order valence-electron chi connectivity index (χ2n) is 7.01. The van der Waals surface area contributed by atoms with Gasteiger partial charge in [0, 0.05) is 18.3 Å². The van der Waals surface area contributed by atoms with E-state index in [2.05, 4.69) is 10.3 Å². The van der Waals surface area contributed by atoms with E-state index in [9.17, 15) is 22.8 Å². The molecule has 148 valence electrons. The van der Waals surface area contributed by atoms with Gasteiger partial charge in [-0.1, -0.05) is 18.2 Å². The molecule has 10 heteroatoms. The molecule has 2 unspecified atom stereocenters. The molecule has 0 radical (unpaired) electrons. The molecule has 0 saturated carbocycles. The monoisotopic (exact) mass is 386 g/mol. The number of carbonyl (C=O) groups excluding carboxylic acids is 2. The number of amides is 2. The van der Waals surface area contributed by atoms with Crippen molar-refractivity contribution in [3.63, 3.8) is 0 Å². The highest BCUT2D eigenvalue weighted by atomic mass is 19.4. The molecule has 1 aromatic rings. The number of hydrogen-bond acceptors (Lipinski definition) is 5. The van der Waals surface area contributed by atoms with E-state index < -0.39 is 29.1 Å². The van der Waals surface area contributed by atoms with Crippen LogP contribution in [0.4, 0.5) is 18.9 Å². The van der Waals surface area contributed by atoms with Gasteiger partial charge in [-0.2, -0.15) is 13.2 Å². The molecule has 0 spiro atoms. The minimum absolute atomic E-state index is 0.00437. The first-order valence-electron chi connectivity index (χ1n) is 8.02. The lowest BCUT2D eigenvalue weighted by atomic mass is 9.67. The number of hydrogen-bond donors (Lipinski definition) is 3. The maximum absolute atomic E-state index is 12.7. The lowest BCUT2D eigenvalue weighted by molar-refractivity contribution is -0.202. The summed E-state index contributed by atoms with van der Waals surface area (Å²) in [7, 11) is 1.47. The fourth-order valence-corrected chi connectivity index (χ4v) is 2.94. The molecule has 0 aromatic heterocycles. The first-order valence-corrected chi connectivity index (χ1v) is 8.02. The molecule has 2 atom stereocenters. The number of aliphatic hydroxyl groups excluding tert-OH is 1. The summed E-state index contributed by atoms with van der Waals surface area (Å²) in [5.41, 5.74) is 3.74. The van der Waals surface area contributed by atoms with Gasteiger partial charge >= 0.3 is 6.18 Å². The Bertz CT molecular complexity index is 807. The lowest BCUT2D eigenvalue weighted by Gasteiger charge is -2.46. The summed E-state index contributed by atoms with van der Waals surface area (Å²) in [6, 6.07) is 6.00. The lowest BCUT2D eigenvalue weighted by Crippen LogP contribution is -2.58. The van der Waals surface area contributed by atoms with Crippen LogP contribution in [0.1, 0.15) is 26.3 Å². The van der Waals surface area contributed by atoms with Gasteiger partial charge in [0.15, 0.2) is 5.96 Å². The van der Waals surface area contributed by atoms with Crippen molar-refractivity contribution >= 4 is 23.5 Å². The molecule has 1 aliphatic rings. The molecule has 2 amide bonds. The van der Waals surface area contributed by atoms with E-state index in [-0.39, 0.29) is 17.6 Å². The highest BCUT2D eigenvalue weighted by Crippen LogP contribution is 2.48. The summed E-state index contributed by atoms with van der Waals surface area (Å²) in [6.07, 6.45) is -8.28. The number of carbonyl (C=O) groups is 2. The Kier molecular flexibility index (Phi) is 5.00. The van der Waals surface area contributed by atoms with Crippen molar-refractivity contribution in [2.24, 2.45) is 16.1 Å². The van der Waals surface area contributed by atoms with Crippen LogP contribution in [0.25, 0.3) is 0 Å². The molecule has 0 saturated heterocycles. The molecule has 4 N–H and O–H groups in total. The highest BCUT2D eigenvalue weighted by molar-refractivity contribution is 6.02. The second kappa shape index (κ2) is 6.52. The Balaban J connectivity index is 2.55. The summed E-state index contributed by atoms with van der Waals surface area (Å²) in [5, 5.41) is 11.2. The average Bonchev–Trinajstić information content (AvgIpc) is 2.57. The highest BCUT2D eigenvalue weighted by Gasteiger charge is 2.53. The summed E-state index contributed by atoms with van der Waals surface area (Å²) >= 11 is 0. The van der Waals surface area contributed by atoms with E-state index >= 15 is 0 Å². The third-order valence-corrected chi connectivity index (χ3v) is 5.01. The van der Waals surface area contributed by atoms with Gasteiger partial charge in [0.2, 0.25) is 12.0 Å². The third kappa shape index (κ3) is 3.36. The number of nitrogens with zero attached hydrogens (tertiary/aromatic N) is 2. The standard InChI is InChI=1S/C17H21F3N4O3/c1-15(2)13(27)24(4)14(21)23-16(15,3)9-7-5-6-8-10(9)22-12(26)11(25)17(18,19)20/h5-8,11,25H,1-4H3,(H2,21,23)(H,22,26). The summed E-state index contributed by atoms with van der Waals surface area (Å²) in [5.74, 6) is -2.03. The number of benzene rings is 1. The van der Waals surface area contributed by atoms with Crippen LogP contribution in [0.3, 0.4) is 0 Å². The van der Waals surface area contributed by atoms with Crippen LogP contribution in [0.15, 0.2) is 29.3 Å². The minimum Gasteiger partial charge on any atom is -0.376 e. The van der Waals surface area contributed by atoms with Gasteiger partial charge < -0.3 is 16.2 Å². The van der Waals surface area contributed by atoms with Crippen LogP contribution in [-0.2, 0) is 15.1 Å². The number of nitrogens with one attached hydrogen (secondary N) is 1. The fraction of sp³-hybridized carbons (Fsp3) is 0.471. The topological polar surface area (TPSA) is 108 Å². The van der Waals surface area contributed by atoms with Gasteiger partial charge in [0.05, 0.1) is 5.41 Å². The largest absolute Gasteiger partial charge is 0.423 e. The molecule has 1 heterocycles. The molecule has 0 bridgehead atoms. The number of halogens is 3. The normalized spacial score (nSPS) is 23.6. The van der Waals surface area contributed by atoms with E-state index in [4.69, 9.17) is 10.8 Å². The van der Waals surface area contributed by atoms with Gasteiger partial charge in [0.25, 0.3) is 5.91 Å². The first kappa shape index (κ1) is 20.7. The van der Waals surface area contributed by atoms with Crippen LogP contribution >= 0.6 is 0 Å². The fourth-order valence-electron chi connectivity index (χ4n) is 2.94. The number of alkyl halides is 3. The van der Waals surface area contributed by atoms with Gasteiger partial charge in [0.1, 0.15) is 5.54 Å². The Hall–Kier alpha value is -2.62. The molecule has 0 aliphatic carbocycles. The number of aliphatic imine (C=N–C) groups is 1. The molecule has 1 aromatic carbocycles. The predicted octanol–water partition coefficient (Wildman–Crippen LogP) is 1.58. The number of aliphatic hydroxyl groups is 1. The van der Waals surface area contributed by atoms with Gasteiger partial charge in [-0.3, -0.25) is 14.5 Å². The Labute approximate surface area is 154 Å². The quantitative estimate of drug-likeness (QED) is 0.733. The number of nitrogens with two attached hydrogens (primary N) is 1. The second-order valence-corrected chi connectivity index (χ2v) is 7.01. The van der Waals surface area contributed by atoms with E-state index in [1.807, 2.05) is 0 Å². The van der Waals surface area contributed by atoms with Crippen LogP contribution in [0.2, 0.25) is 0 Å². The van der Waals surface area contributed by atoms with Gasteiger partial charge in [-0.15, -0.1) is 0 Å². The predicted molar refractivity (Wildman–Crippen MR) is 92.7 cm³/mol. The SMILES string of the molecule is CN1C(=O)C(C)(C)C(C)(c2ccccc2NC(=O)C(O)C(F)(F)F)N=C1N. The molecule has 0 fully saturated rings. The summed E-state index contributed by atoms with van der Waals surface area (Å²) < 4.78 is 37.8. The van der Waals surface area contributed by atoms with Crippen molar-refractivity contribution in [3.05, 3.63) is 29.8 Å². The summed E-state index contributed by atoms with van der Waals surface area (Å²) in [6.45, 7) is 4.87. The van der Waals surface area contributed by atoms with Crippen molar-refractivity contribution in [1.29, 1.82) is 0 Å². The Morgan fingerprint density at radius 1 is 1.30 bits per heavy atom. The molecular formula is C17H21F3N4O3. The van der Waals surface area contributed by atoms with Crippen LogP contribution in [0, 0.1) is 5.41 Å². The molecule has 2 rings (SSSR count). The third-order valence-electron chi connectivity index (χ3n) is 5.01. The maximum Gasteiger partial charge on any atom is 0.423 e. The van der Waals surface area contributed by atoms with Crippen molar-refractivity contribution in [2.45, 2.75) is 38.6 Å². The van der Waals surface area contributed by atoms with Crippen LogP contribution in [0.5, 0.6) is 0 Å². The Morgan fingerprint density at radius 2 is 1.85 bits per heavy atom. The van der Waals surface area contributed by atoms with E-state index in [1.54, 1.807) is 26.8 Å². The molecule has 7 nitrogen and oxygen atoms in total. The van der Waals surface area contributed by atoms with Crippen molar-refractivity contribution in [1.82, 2.24) is 4.90 Å². The number of para-hydroxylation sites is 1. The zero-order valence-corrected chi connectivity index (χ0v) is 15.3. The first-order chi connectivity index (χ1) is 12.2. The molecular weight excluding hydrogens is 365 g/mol. The molecule has 27 heavy (non-hydrogen) atoms. The Morgan fingerprint density at radius 3 is 2.41 bits per heavy atom. The minimum atomic E-state index is -5.10. The smallest absolute Gasteiger partial charge is 0.376 e. The number of guanidine groups is 1. The van der Waals surface area contributed by atoms with Crippen LogP contribution in [-0.4, -0.2) is 47.1 Å². The van der Waals surface area contributed by atoms with E-state index in [0.29, 0.717) is 5.56 Å². The zero-order valence-electron chi connectivity index (χ0n) is 15.3. The van der Waals surface area contributed by atoms with Gasteiger partial charge in [-0.25, -0.2) is 4.99 Å². The van der Waals surface area contributed by atoms with Crippen molar-refractivity contribution in [3.8, 4) is 0 Å². The molecule has 1 aliphatic heterocycles. The van der Waals surface area contributed by atoms with Crippen molar-refractivity contribution < 1.29 is 27.9 Å².